The highest BCUT2D eigenvalue weighted by atomic mass is 16.5. The Balaban J connectivity index is 2.02. The van der Waals surface area contributed by atoms with E-state index < -0.39 is 0 Å². The van der Waals surface area contributed by atoms with Crippen LogP contribution in [0.2, 0.25) is 0 Å². The van der Waals surface area contributed by atoms with Gasteiger partial charge in [-0.05, 0) is 58.7 Å². The molecule has 1 fully saturated rings. The fourth-order valence-electron chi connectivity index (χ4n) is 2.97. The van der Waals surface area contributed by atoms with Crippen LogP contribution in [0.4, 0.5) is 0 Å². The first-order valence-corrected chi connectivity index (χ1v) is 8.30. The van der Waals surface area contributed by atoms with Gasteiger partial charge in [-0.1, -0.05) is 19.8 Å². The summed E-state index contributed by atoms with van der Waals surface area (Å²) in [5, 5.41) is 3.56. The van der Waals surface area contributed by atoms with Gasteiger partial charge < -0.3 is 10.1 Å². The van der Waals surface area contributed by atoms with Gasteiger partial charge in [0.2, 0.25) is 0 Å². The second-order valence-corrected chi connectivity index (χ2v) is 5.87. The zero-order valence-electron chi connectivity index (χ0n) is 13.3. The van der Waals surface area contributed by atoms with Gasteiger partial charge in [-0.2, -0.15) is 0 Å². The summed E-state index contributed by atoms with van der Waals surface area (Å²) in [4.78, 5) is 2.65. The molecule has 1 rings (SSSR count). The molecular formula is C16H34N2O. The summed E-state index contributed by atoms with van der Waals surface area (Å²) in [6.07, 6.45) is 6.71. The SMILES string of the molecule is CCCC1CCN(C(C)CNCCCOCC)CC1. The molecule has 1 aliphatic heterocycles. The summed E-state index contributed by atoms with van der Waals surface area (Å²) in [7, 11) is 0. The molecule has 3 nitrogen and oxygen atoms in total. The van der Waals surface area contributed by atoms with Gasteiger partial charge in [0.25, 0.3) is 0 Å². The van der Waals surface area contributed by atoms with E-state index in [4.69, 9.17) is 4.74 Å². The first-order valence-electron chi connectivity index (χ1n) is 8.30. The first-order chi connectivity index (χ1) is 9.27. The van der Waals surface area contributed by atoms with E-state index in [1.165, 1.54) is 38.8 Å². The third kappa shape index (κ3) is 7.28. The molecule has 0 spiro atoms. The van der Waals surface area contributed by atoms with Crippen LogP contribution >= 0.6 is 0 Å². The van der Waals surface area contributed by atoms with Gasteiger partial charge in [-0.15, -0.1) is 0 Å². The highest BCUT2D eigenvalue weighted by Gasteiger charge is 2.21. The Kier molecular flexibility index (Phi) is 9.48. The average Bonchev–Trinajstić information content (AvgIpc) is 2.43. The number of nitrogens with zero attached hydrogens (tertiary/aromatic N) is 1. The number of nitrogens with one attached hydrogen (secondary N) is 1. The standard InChI is InChI=1S/C16H34N2O/c1-4-7-16-8-11-18(12-9-16)15(3)14-17-10-6-13-19-5-2/h15-17H,4-14H2,1-3H3. The number of hydrogen-bond acceptors (Lipinski definition) is 3. The van der Waals surface area contributed by atoms with E-state index in [1.54, 1.807) is 0 Å². The van der Waals surface area contributed by atoms with Gasteiger partial charge in [-0.3, -0.25) is 4.90 Å². The zero-order chi connectivity index (χ0) is 13.9. The lowest BCUT2D eigenvalue weighted by molar-refractivity contribution is 0.131. The van der Waals surface area contributed by atoms with Crippen LogP contribution in [0, 0.1) is 5.92 Å². The third-order valence-corrected chi connectivity index (χ3v) is 4.26. The van der Waals surface area contributed by atoms with Crippen molar-refractivity contribution in [2.45, 2.75) is 58.9 Å². The monoisotopic (exact) mass is 270 g/mol. The number of ether oxygens (including phenoxy) is 1. The molecule has 0 bridgehead atoms. The highest BCUT2D eigenvalue weighted by Crippen LogP contribution is 2.22. The van der Waals surface area contributed by atoms with Gasteiger partial charge >= 0.3 is 0 Å². The maximum atomic E-state index is 5.34. The third-order valence-electron chi connectivity index (χ3n) is 4.26. The Morgan fingerprint density at radius 3 is 2.63 bits per heavy atom. The lowest BCUT2D eigenvalue weighted by atomic mass is 9.92. The summed E-state index contributed by atoms with van der Waals surface area (Å²) >= 11 is 0. The van der Waals surface area contributed by atoms with Gasteiger partial charge in [-0.25, -0.2) is 0 Å². The predicted octanol–water partition coefficient (Wildman–Crippen LogP) is 2.90. The lowest BCUT2D eigenvalue weighted by Crippen LogP contribution is -2.44. The molecule has 0 aromatic heterocycles. The molecule has 19 heavy (non-hydrogen) atoms. The van der Waals surface area contributed by atoms with E-state index in [9.17, 15) is 0 Å². The smallest absolute Gasteiger partial charge is 0.0477 e. The van der Waals surface area contributed by atoms with Crippen LogP contribution in [0.5, 0.6) is 0 Å². The summed E-state index contributed by atoms with van der Waals surface area (Å²) < 4.78 is 5.34. The van der Waals surface area contributed by atoms with E-state index in [1.807, 2.05) is 0 Å². The molecule has 0 radical (unpaired) electrons. The maximum absolute atomic E-state index is 5.34. The Hall–Kier alpha value is -0.120. The fraction of sp³-hybridized carbons (Fsp3) is 1.00. The van der Waals surface area contributed by atoms with Crippen LogP contribution in [0.25, 0.3) is 0 Å². The van der Waals surface area contributed by atoms with E-state index in [0.29, 0.717) is 6.04 Å². The largest absolute Gasteiger partial charge is 0.382 e. The Morgan fingerprint density at radius 2 is 2.00 bits per heavy atom. The van der Waals surface area contributed by atoms with Crippen LogP contribution in [-0.2, 0) is 4.74 Å². The summed E-state index contributed by atoms with van der Waals surface area (Å²) in [5.74, 6) is 0.993. The average molecular weight is 270 g/mol. The van der Waals surface area contributed by atoms with Crippen molar-refractivity contribution in [3.05, 3.63) is 0 Å². The molecule has 3 heteroatoms. The molecule has 0 aromatic carbocycles. The number of hydrogen-bond donors (Lipinski definition) is 1. The van der Waals surface area contributed by atoms with Crippen molar-refractivity contribution >= 4 is 0 Å². The Morgan fingerprint density at radius 1 is 1.26 bits per heavy atom. The van der Waals surface area contributed by atoms with Crippen LogP contribution in [0.3, 0.4) is 0 Å². The van der Waals surface area contributed by atoms with Crippen molar-refractivity contribution in [1.29, 1.82) is 0 Å². The molecule has 0 aliphatic carbocycles. The highest BCUT2D eigenvalue weighted by molar-refractivity contribution is 4.77. The van der Waals surface area contributed by atoms with E-state index in [-0.39, 0.29) is 0 Å². The number of piperidine rings is 1. The molecule has 114 valence electrons. The maximum Gasteiger partial charge on any atom is 0.0477 e. The van der Waals surface area contributed by atoms with Crippen molar-refractivity contribution in [3.63, 3.8) is 0 Å². The van der Waals surface area contributed by atoms with Crippen LogP contribution in [0.15, 0.2) is 0 Å². The minimum Gasteiger partial charge on any atom is -0.382 e. The van der Waals surface area contributed by atoms with Crippen molar-refractivity contribution in [2.75, 3.05) is 39.4 Å². The molecular weight excluding hydrogens is 236 g/mol. The predicted molar refractivity (Wildman–Crippen MR) is 82.6 cm³/mol. The molecule has 1 aliphatic rings. The van der Waals surface area contributed by atoms with Crippen LogP contribution in [-0.4, -0.2) is 50.3 Å². The minimum atomic E-state index is 0.676. The number of rotatable bonds is 10. The molecule has 1 atom stereocenters. The van der Waals surface area contributed by atoms with E-state index >= 15 is 0 Å². The van der Waals surface area contributed by atoms with Crippen molar-refractivity contribution in [3.8, 4) is 0 Å². The Bertz CT molecular complexity index is 203. The quantitative estimate of drug-likeness (QED) is 0.618. The van der Waals surface area contributed by atoms with E-state index in [2.05, 4.69) is 31.0 Å². The van der Waals surface area contributed by atoms with Crippen molar-refractivity contribution < 1.29 is 4.74 Å². The molecule has 1 saturated heterocycles. The number of likely N-dealkylation sites (tertiary alicyclic amines) is 1. The molecule has 0 aromatic rings. The van der Waals surface area contributed by atoms with Crippen molar-refractivity contribution in [1.82, 2.24) is 10.2 Å². The second kappa shape index (κ2) is 10.6. The normalized spacial score (nSPS) is 19.7. The van der Waals surface area contributed by atoms with E-state index in [0.717, 1.165) is 38.6 Å². The van der Waals surface area contributed by atoms with Crippen molar-refractivity contribution in [2.24, 2.45) is 5.92 Å². The zero-order valence-corrected chi connectivity index (χ0v) is 13.3. The molecule has 0 saturated carbocycles. The topological polar surface area (TPSA) is 24.5 Å². The molecule has 1 unspecified atom stereocenters. The molecule has 0 amide bonds. The molecule has 1 N–H and O–H groups in total. The summed E-state index contributed by atoms with van der Waals surface area (Å²) in [5.41, 5.74) is 0. The fourth-order valence-corrected chi connectivity index (χ4v) is 2.97. The Labute approximate surface area is 120 Å². The first kappa shape index (κ1) is 16.9. The van der Waals surface area contributed by atoms with Crippen LogP contribution in [0.1, 0.15) is 52.9 Å². The lowest BCUT2D eigenvalue weighted by Gasteiger charge is -2.36. The van der Waals surface area contributed by atoms with Gasteiger partial charge in [0.05, 0.1) is 0 Å². The van der Waals surface area contributed by atoms with Gasteiger partial charge in [0, 0.05) is 25.8 Å². The molecule has 1 heterocycles. The summed E-state index contributed by atoms with van der Waals surface area (Å²) in [6, 6.07) is 0.676. The summed E-state index contributed by atoms with van der Waals surface area (Å²) in [6.45, 7) is 13.2. The minimum absolute atomic E-state index is 0.676. The van der Waals surface area contributed by atoms with Crippen LogP contribution < -0.4 is 5.32 Å². The van der Waals surface area contributed by atoms with Gasteiger partial charge in [0.15, 0.2) is 0 Å². The van der Waals surface area contributed by atoms with Gasteiger partial charge in [0.1, 0.15) is 0 Å². The second-order valence-electron chi connectivity index (χ2n) is 5.87.